The van der Waals surface area contributed by atoms with Gasteiger partial charge in [0.25, 0.3) is 0 Å². The third-order valence-electron chi connectivity index (χ3n) is 2.56. The van der Waals surface area contributed by atoms with E-state index in [4.69, 9.17) is 10.00 Å². The molecule has 1 aromatic carbocycles. The van der Waals surface area contributed by atoms with E-state index in [0.29, 0.717) is 24.6 Å². The molecule has 2 rings (SSSR count). The van der Waals surface area contributed by atoms with E-state index < -0.39 is 0 Å². The van der Waals surface area contributed by atoms with Gasteiger partial charge in [-0.1, -0.05) is 12.1 Å². The summed E-state index contributed by atoms with van der Waals surface area (Å²) in [5.74, 6) is 0.715. The van der Waals surface area contributed by atoms with Crippen molar-refractivity contribution in [2.24, 2.45) is 0 Å². The average molecular weight is 253 g/mol. The van der Waals surface area contributed by atoms with E-state index in [1.807, 2.05) is 37.3 Å². The fourth-order valence-electron chi connectivity index (χ4n) is 1.64. The summed E-state index contributed by atoms with van der Waals surface area (Å²) < 4.78 is 5.38. The van der Waals surface area contributed by atoms with Gasteiger partial charge in [-0.2, -0.15) is 5.26 Å². The van der Waals surface area contributed by atoms with Gasteiger partial charge in [0.2, 0.25) is 0 Å². The van der Waals surface area contributed by atoms with E-state index in [9.17, 15) is 0 Å². The van der Waals surface area contributed by atoms with Crippen LogP contribution < -0.4 is 5.32 Å². The number of ether oxygens (including phenoxy) is 1. The van der Waals surface area contributed by atoms with Crippen molar-refractivity contribution >= 4 is 11.5 Å². The quantitative estimate of drug-likeness (QED) is 0.888. The minimum absolute atomic E-state index is 0.552. The van der Waals surface area contributed by atoms with Crippen LogP contribution in [0.5, 0.6) is 0 Å². The smallest absolute Gasteiger partial charge is 0.130 e. The summed E-state index contributed by atoms with van der Waals surface area (Å²) in [5.41, 5.74) is 2.62. The van der Waals surface area contributed by atoms with Crippen LogP contribution in [0.25, 0.3) is 0 Å². The van der Waals surface area contributed by atoms with Gasteiger partial charge >= 0.3 is 0 Å². The third-order valence-corrected chi connectivity index (χ3v) is 2.56. The number of nitrogens with one attached hydrogen (secondary N) is 1. The molecule has 0 amide bonds. The van der Waals surface area contributed by atoms with E-state index in [2.05, 4.69) is 10.3 Å². The zero-order valence-electron chi connectivity index (χ0n) is 10.8. The molecule has 0 spiro atoms. The second kappa shape index (κ2) is 6.53. The van der Waals surface area contributed by atoms with E-state index in [1.54, 1.807) is 18.3 Å². The van der Waals surface area contributed by atoms with Crippen LogP contribution in [-0.2, 0) is 11.3 Å². The van der Waals surface area contributed by atoms with Crippen LogP contribution in [0.4, 0.5) is 11.5 Å². The molecule has 0 radical (unpaired) electrons. The predicted molar refractivity (Wildman–Crippen MR) is 74.0 cm³/mol. The first-order valence-corrected chi connectivity index (χ1v) is 6.11. The Morgan fingerprint density at radius 2 is 2.21 bits per heavy atom. The normalized spacial score (nSPS) is 9.89. The lowest BCUT2D eigenvalue weighted by Gasteiger charge is -2.07. The monoisotopic (exact) mass is 253 g/mol. The Hall–Kier alpha value is -2.38. The van der Waals surface area contributed by atoms with Crippen molar-refractivity contribution in [3.05, 3.63) is 53.7 Å². The minimum Gasteiger partial charge on any atom is -0.377 e. The van der Waals surface area contributed by atoms with Crippen molar-refractivity contribution in [2.45, 2.75) is 13.5 Å². The number of hydrogen-bond acceptors (Lipinski definition) is 4. The molecule has 0 bridgehead atoms. The summed E-state index contributed by atoms with van der Waals surface area (Å²) in [6.07, 6.45) is 1.55. The lowest BCUT2D eigenvalue weighted by Crippen LogP contribution is -1.96. The molecule has 0 aliphatic rings. The van der Waals surface area contributed by atoms with Crippen molar-refractivity contribution in [3.8, 4) is 6.07 Å². The van der Waals surface area contributed by atoms with E-state index >= 15 is 0 Å². The average Bonchev–Trinajstić information content (AvgIpc) is 2.46. The number of nitriles is 1. The van der Waals surface area contributed by atoms with Gasteiger partial charge < -0.3 is 10.1 Å². The second-order valence-electron chi connectivity index (χ2n) is 4.01. The summed E-state index contributed by atoms with van der Waals surface area (Å²) >= 11 is 0. The van der Waals surface area contributed by atoms with Gasteiger partial charge in [-0.25, -0.2) is 4.98 Å². The van der Waals surface area contributed by atoms with Crippen molar-refractivity contribution < 1.29 is 4.74 Å². The standard InChI is InChI=1S/C15H15N3O/c1-2-19-11-12-4-3-5-14(8-12)18-15-7-6-13(9-16)10-17-15/h3-8,10H,2,11H2,1H3,(H,17,18). The minimum atomic E-state index is 0.552. The molecular weight excluding hydrogens is 238 g/mol. The van der Waals surface area contributed by atoms with Crippen LogP contribution in [0.3, 0.4) is 0 Å². The maximum atomic E-state index is 8.71. The summed E-state index contributed by atoms with van der Waals surface area (Å²) in [6.45, 7) is 3.28. The molecule has 4 heteroatoms. The van der Waals surface area contributed by atoms with Gasteiger partial charge in [0.05, 0.1) is 12.2 Å². The summed E-state index contributed by atoms with van der Waals surface area (Å²) in [4.78, 5) is 4.17. The van der Waals surface area contributed by atoms with E-state index in [1.165, 1.54) is 0 Å². The number of aromatic nitrogens is 1. The molecule has 0 saturated carbocycles. The van der Waals surface area contributed by atoms with Crippen LogP contribution in [0.1, 0.15) is 18.1 Å². The zero-order chi connectivity index (χ0) is 13.5. The fourth-order valence-corrected chi connectivity index (χ4v) is 1.64. The van der Waals surface area contributed by atoms with Gasteiger partial charge in [-0.05, 0) is 36.8 Å². The van der Waals surface area contributed by atoms with Crippen molar-refractivity contribution in [1.29, 1.82) is 5.26 Å². The van der Waals surface area contributed by atoms with E-state index in [-0.39, 0.29) is 0 Å². The Bertz CT molecular complexity index is 573. The molecule has 1 N–H and O–H groups in total. The Morgan fingerprint density at radius 1 is 1.32 bits per heavy atom. The molecule has 0 aliphatic heterocycles. The first kappa shape index (κ1) is 13.1. The maximum Gasteiger partial charge on any atom is 0.130 e. The number of nitrogens with zero attached hydrogens (tertiary/aromatic N) is 2. The zero-order valence-corrected chi connectivity index (χ0v) is 10.8. The summed E-state index contributed by atoms with van der Waals surface area (Å²) in [6, 6.07) is 13.5. The summed E-state index contributed by atoms with van der Waals surface area (Å²) in [7, 11) is 0. The third kappa shape index (κ3) is 3.80. The Balaban J connectivity index is 2.07. The van der Waals surface area contributed by atoms with Gasteiger partial charge in [-0.15, -0.1) is 0 Å². The topological polar surface area (TPSA) is 57.9 Å². The predicted octanol–water partition coefficient (Wildman–Crippen LogP) is 3.23. The largest absolute Gasteiger partial charge is 0.377 e. The molecule has 0 aliphatic carbocycles. The highest BCUT2D eigenvalue weighted by atomic mass is 16.5. The van der Waals surface area contributed by atoms with Gasteiger partial charge in [-0.3, -0.25) is 0 Å². The van der Waals surface area contributed by atoms with Gasteiger partial charge in [0, 0.05) is 18.5 Å². The van der Waals surface area contributed by atoms with Crippen LogP contribution in [0.15, 0.2) is 42.6 Å². The molecular formula is C15H15N3O. The number of rotatable bonds is 5. The van der Waals surface area contributed by atoms with Crippen LogP contribution in [0.2, 0.25) is 0 Å². The Kier molecular flexibility index (Phi) is 4.49. The molecule has 0 atom stereocenters. The van der Waals surface area contributed by atoms with Crippen LogP contribution in [0, 0.1) is 11.3 Å². The SMILES string of the molecule is CCOCc1cccc(Nc2ccc(C#N)cn2)c1. The van der Waals surface area contributed by atoms with Gasteiger partial charge in [0.1, 0.15) is 11.9 Å². The molecule has 2 aromatic rings. The second-order valence-corrected chi connectivity index (χ2v) is 4.01. The summed E-state index contributed by atoms with van der Waals surface area (Å²) in [5, 5.41) is 11.9. The lowest BCUT2D eigenvalue weighted by atomic mass is 10.2. The van der Waals surface area contributed by atoms with Crippen molar-refractivity contribution in [1.82, 2.24) is 4.98 Å². The van der Waals surface area contributed by atoms with Crippen molar-refractivity contribution in [2.75, 3.05) is 11.9 Å². The molecule has 0 unspecified atom stereocenters. The molecule has 19 heavy (non-hydrogen) atoms. The first-order chi connectivity index (χ1) is 9.31. The van der Waals surface area contributed by atoms with E-state index in [0.717, 1.165) is 11.3 Å². The molecule has 0 fully saturated rings. The lowest BCUT2D eigenvalue weighted by molar-refractivity contribution is 0.134. The van der Waals surface area contributed by atoms with Crippen LogP contribution >= 0.6 is 0 Å². The molecule has 4 nitrogen and oxygen atoms in total. The fraction of sp³-hybridized carbons (Fsp3) is 0.200. The molecule has 96 valence electrons. The number of pyridine rings is 1. The van der Waals surface area contributed by atoms with Gasteiger partial charge in [0.15, 0.2) is 0 Å². The first-order valence-electron chi connectivity index (χ1n) is 6.11. The Morgan fingerprint density at radius 3 is 2.89 bits per heavy atom. The highest BCUT2D eigenvalue weighted by Crippen LogP contribution is 2.16. The number of anilines is 2. The molecule has 0 saturated heterocycles. The number of hydrogen-bond donors (Lipinski definition) is 1. The molecule has 1 heterocycles. The highest BCUT2D eigenvalue weighted by Gasteiger charge is 1.99. The van der Waals surface area contributed by atoms with Crippen molar-refractivity contribution in [3.63, 3.8) is 0 Å². The number of benzene rings is 1. The highest BCUT2D eigenvalue weighted by molar-refractivity contribution is 5.57. The van der Waals surface area contributed by atoms with Crippen LogP contribution in [-0.4, -0.2) is 11.6 Å². The Labute approximate surface area is 112 Å². The molecule has 1 aromatic heterocycles. The maximum absolute atomic E-state index is 8.71.